The summed E-state index contributed by atoms with van der Waals surface area (Å²) < 4.78 is 30.0. The van der Waals surface area contributed by atoms with Gasteiger partial charge in [-0.1, -0.05) is 38.1 Å². The summed E-state index contributed by atoms with van der Waals surface area (Å²) in [6.45, 7) is 4.38. The number of nitrogens with two attached hydrogens (primary N) is 2. The minimum Gasteiger partial charge on any atom is -0.342 e. The van der Waals surface area contributed by atoms with E-state index in [4.69, 9.17) is 11.5 Å². The number of carbonyl (C=O) groups excluding carboxylic acids is 2. The maximum Gasteiger partial charge on any atom is 0.323 e. The Kier molecular flexibility index (Phi) is 9.94. The lowest BCUT2D eigenvalue weighted by molar-refractivity contribution is -0.130. The highest BCUT2D eigenvalue weighted by molar-refractivity contribution is 6.17. The van der Waals surface area contributed by atoms with Crippen LogP contribution in [-0.2, 0) is 16.0 Å². The van der Waals surface area contributed by atoms with E-state index in [1.165, 1.54) is 6.07 Å². The molecule has 0 unspecified atom stereocenters. The largest absolute Gasteiger partial charge is 0.342 e. The van der Waals surface area contributed by atoms with Gasteiger partial charge in [0.2, 0.25) is 5.91 Å². The van der Waals surface area contributed by atoms with Crippen molar-refractivity contribution in [3.8, 4) is 11.1 Å². The molecular formula is C34H38ClF2N7O3. The van der Waals surface area contributed by atoms with Crippen molar-refractivity contribution >= 4 is 52.0 Å². The Balaban J connectivity index is 0.00000433. The number of H-pyrrole nitrogens is 3. The van der Waals surface area contributed by atoms with E-state index in [2.05, 4.69) is 19.9 Å². The maximum absolute atomic E-state index is 15.1. The van der Waals surface area contributed by atoms with Crippen LogP contribution < -0.4 is 22.1 Å². The molecule has 0 spiro atoms. The molecule has 5 aromatic rings. The first-order chi connectivity index (χ1) is 22.0. The fraction of sp³-hybridized carbons (Fsp3) is 0.353. The van der Waals surface area contributed by atoms with Gasteiger partial charge in [-0.2, -0.15) is 0 Å². The minimum atomic E-state index is -1.08. The number of fused-ring (bicyclic) bond motifs is 2. The summed E-state index contributed by atoms with van der Waals surface area (Å²) in [5, 5.41) is 0. The number of carbonyl (C=O) groups is 2. The van der Waals surface area contributed by atoms with Crippen LogP contribution >= 0.6 is 12.4 Å². The molecule has 10 nitrogen and oxygen atoms in total. The first-order valence-electron chi connectivity index (χ1n) is 15.6. The lowest BCUT2D eigenvalue weighted by Crippen LogP contribution is -2.50. The standard InChI is InChI=1S/C34H37F2N7O3.ClH/c1-17(2)31-39-27-15-23(28(35)29(36)30(27)42-31)20-7-3-18(4-8-20)13-24(38)33(45)43(32(44)21-9-5-19(16-37)6-10-21)22-11-12-25-26(14-22)41-34(46)40-25;/h3-4,7-8,11-12,14-15,17,19,21,24H,5-6,9-10,13,16,37-38H2,1-2H3,(H,39,42)(H2,40,41,46);1H/t19?,21?,24-;/m0./s1. The second-order valence-corrected chi connectivity index (χ2v) is 12.5. The minimum absolute atomic E-state index is 0. The SMILES string of the molecule is CC(C)c1nc2c(F)c(F)c(-c3ccc(C[C@H](N)C(=O)N(C(=O)C4CCC(CN)CC4)c4ccc5[nH]c(=O)[nH]c5c4)cc3)cc2[nH]1.Cl. The predicted octanol–water partition coefficient (Wildman–Crippen LogP) is 5.42. The number of imidazole rings is 2. The molecule has 1 aliphatic rings. The van der Waals surface area contributed by atoms with Crippen LogP contribution in [0.15, 0.2) is 53.3 Å². The zero-order valence-corrected chi connectivity index (χ0v) is 26.9. The molecule has 7 N–H and O–H groups in total. The van der Waals surface area contributed by atoms with Crippen molar-refractivity contribution in [2.24, 2.45) is 23.3 Å². The van der Waals surface area contributed by atoms with Crippen LogP contribution in [0.4, 0.5) is 14.5 Å². The van der Waals surface area contributed by atoms with E-state index in [9.17, 15) is 18.8 Å². The molecule has 1 fully saturated rings. The second kappa shape index (κ2) is 13.8. The van der Waals surface area contributed by atoms with Crippen LogP contribution in [0.3, 0.4) is 0 Å². The van der Waals surface area contributed by atoms with Gasteiger partial charge < -0.3 is 26.4 Å². The maximum atomic E-state index is 15.1. The van der Waals surface area contributed by atoms with Gasteiger partial charge in [0.25, 0.3) is 5.91 Å². The Morgan fingerprint density at radius 2 is 1.62 bits per heavy atom. The molecule has 248 valence electrons. The fourth-order valence-electron chi connectivity index (χ4n) is 6.27. The third-order valence-electron chi connectivity index (χ3n) is 8.99. The Bertz CT molecular complexity index is 1980. The van der Waals surface area contributed by atoms with Gasteiger partial charge in [0.15, 0.2) is 11.6 Å². The zero-order chi connectivity index (χ0) is 32.7. The van der Waals surface area contributed by atoms with Crippen molar-refractivity contribution in [3.05, 3.63) is 82.0 Å². The Hall–Kier alpha value is -4.39. The number of hydrogen-bond donors (Lipinski definition) is 5. The number of aromatic nitrogens is 4. The quantitative estimate of drug-likeness (QED) is 0.148. The summed E-state index contributed by atoms with van der Waals surface area (Å²) in [5.74, 6) is -2.36. The lowest BCUT2D eigenvalue weighted by atomic mass is 9.81. The van der Waals surface area contributed by atoms with Crippen LogP contribution in [0.5, 0.6) is 0 Å². The van der Waals surface area contributed by atoms with Gasteiger partial charge in [-0.15, -0.1) is 12.4 Å². The smallest absolute Gasteiger partial charge is 0.323 e. The van der Waals surface area contributed by atoms with Gasteiger partial charge in [0.1, 0.15) is 11.3 Å². The number of hydrogen-bond acceptors (Lipinski definition) is 6. The van der Waals surface area contributed by atoms with E-state index in [0.717, 1.165) is 17.7 Å². The van der Waals surface area contributed by atoms with Crippen LogP contribution in [0, 0.1) is 23.5 Å². The van der Waals surface area contributed by atoms with Crippen LogP contribution in [-0.4, -0.2) is 44.3 Å². The van der Waals surface area contributed by atoms with Gasteiger partial charge in [-0.25, -0.2) is 23.5 Å². The average Bonchev–Trinajstić information content (AvgIpc) is 3.66. The molecule has 0 aliphatic heterocycles. The highest BCUT2D eigenvalue weighted by Crippen LogP contribution is 2.33. The summed E-state index contributed by atoms with van der Waals surface area (Å²) >= 11 is 0. The number of halogens is 3. The summed E-state index contributed by atoms with van der Waals surface area (Å²) in [6.07, 6.45) is 2.93. The number of anilines is 1. The van der Waals surface area contributed by atoms with E-state index < -0.39 is 29.3 Å². The third kappa shape index (κ3) is 6.71. The molecule has 0 bridgehead atoms. The van der Waals surface area contributed by atoms with Crippen LogP contribution in [0.25, 0.3) is 33.2 Å². The van der Waals surface area contributed by atoms with Crippen molar-refractivity contribution in [2.45, 2.75) is 57.9 Å². The Morgan fingerprint density at radius 1 is 0.936 bits per heavy atom. The molecule has 13 heteroatoms. The van der Waals surface area contributed by atoms with Crippen molar-refractivity contribution in [2.75, 3.05) is 11.4 Å². The van der Waals surface area contributed by atoms with E-state index in [0.29, 0.717) is 64.5 Å². The number of rotatable bonds is 8. The molecule has 2 heterocycles. The Morgan fingerprint density at radius 3 is 2.28 bits per heavy atom. The first kappa shape index (κ1) is 34.0. The molecule has 0 saturated heterocycles. The van der Waals surface area contributed by atoms with Crippen molar-refractivity contribution < 1.29 is 18.4 Å². The van der Waals surface area contributed by atoms with Gasteiger partial charge >= 0.3 is 5.69 Å². The number of nitrogens with zero attached hydrogens (tertiary/aromatic N) is 2. The number of benzene rings is 3. The fourth-order valence-corrected chi connectivity index (χ4v) is 6.27. The second-order valence-electron chi connectivity index (χ2n) is 12.5. The highest BCUT2D eigenvalue weighted by Gasteiger charge is 2.35. The molecule has 6 rings (SSSR count). The van der Waals surface area contributed by atoms with Crippen LogP contribution in [0.1, 0.15) is 56.8 Å². The molecule has 2 aromatic heterocycles. The zero-order valence-electron chi connectivity index (χ0n) is 26.1. The average molecular weight is 666 g/mol. The third-order valence-corrected chi connectivity index (χ3v) is 8.99. The topological polar surface area (TPSA) is 167 Å². The molecule has 47 heavy (non-hydrogen) atoms. The summed E-state index contributed by atoms with van der Waals surface area (Å²) in [6, 6.07) is 12.0. The normalized spacial score (nSPS) is 17.2. The van der Waals surface area contributed by atoms with E-state index >= 15 is 4.39 Å². The summed E-state index contributed by atoms with van der Waals surface area (Å²) in [7, 11) is 0. The van der Waals surface area contributed by atoms with Crippen LogP contribution in [0.2, 0.25) is 0 Å². The number of aromatic amines is 3. The van der Waals surface area contributed by atoms with E-state index in [1.54, 1.807) is 42.5 Å². The molecular weight excluding hydrogens is 628 g/mol. The van der Waals surface area contributed by atoms with Gasteiger partial charge in [0, 0.05) is 17.4 Å². The number of nitrogens with one attached hydrogen (secondary N) is 3. The highest BCUT2D eigenvalue weighted by atomic mass is 35.5. The van der Waals surface area contributed by atoms with Gasteiger partial charge in [0.05, 0.1) is 28.3 Å². The molecule has 2 amide bonds. The van der Waals surface area contributed by atoms with Gasteiger partial charge in [-0.05, 0) is 80.0 Å². The number of imide groups is 1. The monoisotopic (exact) mass is 665 g/mol. The summed E-state index contributed by atoms with van der Waals surface area (Å²) in [5.41, 5.74) is 14.8. The Labute approximate surface area is 275 Å². The molecule has 1 atom stereocenters. The van der Waals surface area contributed by atoms with Crippen molar-refractivity contribution in [1.29, 1.82) is 0 Å². The number of amides is 2. The molecule has 1 aliphatic carbocycles. The molecule has 3 aromatic carbocycles. The van der Waals surface area contributed by atoms with Crippen molar-refractivity contribution in [1.82, 2.24) is 19.9 Å². The predicted molar refractivity (Wildman–Crippen MR) is 180 cm³/mol. The lowest BCUT2D eigenvalue weighted by Gasteiger charge is -2.32. The first-order valence-corrected chi connectivity index (χ1v) is 15.6. The van der Waals surface area contributed by atoms with Crippen molar-refractivity contribution in [3.63, 3.8) is 0 Å². The van der Waals surface area contributed by atoms with E-state index in [1.807, 2.05) is 13.8 Å². The molecule has 1 saturated carbocycles. The summed E-state index contributed by atoms with van der Waals surface area (Å²) in [4.78, 5) is 53.4. The molecule has 0 radical (unpaired) electrons. The van der Waals surface area contributed by atoms with E-state index in [-0.39, 0.29) is 47.7 Å². The van der Waals surface area contributed by atoms with Gasteiger partial charge in [-0.3, -0.25) is 9.59 Å².